The van der Waals surface area contributed by atoms with E-state index in [1.165, 1.54) is 0 Å². The maximum absolute atomic E-state index is 5.29. The van der Waals surface area contributed by atoms with Crippen LogP contribution in [-0.4, -0.2) is 43.2 Å². The molecule has 1 aromatic rings. The number of methoxy groups -OCH3 is 1. The maximum Gasteiger partial charge on any atom is 0.160 e. The van der Waals surface area contributed by atoms with E-state index in [0.29, 0.717) is 0 Å². The van der Waals surface area contributed by atoms with E-state index >= 15 is 0 Å². The van der Waals surface area contributed by atoms with Crippen LogP contribution in [0.15, 0.2) is 12.3 Å². The number of nitrogens with zero attached hydrogens (tertiary/aromatic N) is 2. The lowest BCUT2D eigenvalue weighted by Crippen LogP contribution is -2.44. The maximum atomic E-state index is 5.29. The number of rotatable bonds is 5. The van der Waals surface area contributed by atoms with Gasteiger partial charge in [0, 0.05) is 17.8 Å². The second-order valence-corrected chi connectivity index (χ2v) is 5.09. The number of nitrogens with one attached hydrogen (secondary N) is 1. The van der Waals surface area contributed by atoms with E-state index in [2.05, 4.69) is 43.1 Å². The van der Waals surface area contributed by atoms with Gasteiger partial charge in [-0.1, -0.05) is 0 Å². The molecule has 96 valence electrons. The summed E-state index contributed by atoms with van der Waals surface area (Å²) in [6, 6.07) is 2.00. The van der Waals surface area contributed by atoms with E-state index < -0.39 is 0 Å². The number of ether oxygens (including phenoxy) is 1. The predicted octanol–water partition coefficient (Wildman–Crippen LogP) is 2.15. The Kier molecular flexibility index (Phi) is 4.34. The van der Waals surface area contributed by atoms with Crippen LogP contribution in [0.3, 0.4) is 0 Å². The van der Waals surface area contributed by atoms with Gasteiger partial charge in [0.15, 0.2) is 5.75 Å². The fourth-order valence-corrected chi connectivity index (χ4v) is 1.32. The first-order valence-electron chi connectivity index (χ1n) is 5.79. The number of aromatic nitrogens is 1. The highest BCUT2D eigenvalue weighted by atomic mass is 16.5. The number of aryl methyl sites for hydroxylation is 1. The Morgan fingerprint density at radius 3 is 2.59 bits per heavy atom. The summed E-state index contributed by atoms with van der Waals surface area (Å²) in [5.74, 6) is 0.783. The topological polar surface area (TPSA) is 37.4 Å². The quantitative estimate of drug-likeness (QED) is 0.851. The third kappa shape index (κ3) is 3.60. The molecule has 0 aliphatic rings. The normalized spacial score (nSPS) is 11.7. The molecule has 0 saturated heterocycles. The molecule has 17 heavy (non-hydrogen) atoms. The SMILES string of the molecule is COc1cnc(C)cc1NCC(C)(C)N(C)C. The van der Waals surface area contributed by atoms with E-state index in [-0.39, 0.29) is 5.54 Å². The average molecular weight is 237 g/mol. The molecule has 0 bridgehead atoms. The smallest absolute Gasteiger partial charge is 0.160 e. The summed E-state index contributed by atoms with van der Waals surface area (Å²) in [6.45, 7) is 7.21. The lowest BCUT2D eigenvalue weighted by Gasteiger charge is -2.33. The molecule has 0 aliphatic carbocycles. The van der Waals surface area contributed by atoms with Crippen molar-refractivity contribution in [2.24, 2.45) is 0 Å². The predicted molar refractivity (Wildman–Crippen MR) is 71.8 cm³/mol. The lowest BCUT2D eigenvalue weighted by molar-refractivity contribution is 0.210. The third-order valence-corrected chi connectivity index (χ3v) is 3.15. The zero-order valence-corrected chi connectivity index (χ0v) is 11.7. The molecule has 0 radical (unpaired) electrons. The Morgan fingerprint density at radius 1 is 1.41 bits per heavy atom. The summed E-state index contributed by atoms with van der Waals surface area (Å²) in [6.07, 6.45) is 1.75. The minimum absolute atomic E-state index is 0.0855. The second-order valence-electron chi connectivity index (χ2n) is 5.09. The van der Waals surface area contributed by atoms with Gasteiger partial charge in [-0.15, -0.1) is 0 Å². The van der Waals surface area contributed by atoms with Crippen LogP contribution in [0.4, 0.5) is 5.69 Å². The average Bonchev–Trinajstić information content (AvgIpc) is 2.26. The van der Waals surface area contributed by atoms with Crippen LogP contribution in [0.2, 0.25) is 0 Å². The molecule has 0 fully saturated rings. The van der Waals surface area contributed by atoms with Gasteiger partial charge in [0.05, 0.1) is 19.0 Å². The molecule has 0 aromatic carbocycles. The summed E-state index contributed by atoms with van der Waals surface area (Å²) < 4.78 is 5.29. The molecule has 0 atom stereocenters. The van der Waals surface area contributed by atoms with Crippen molar-refractivity contribution in [2.75, 3.05) is 33.1 Å². The van der Waals surface area contributed by atoms with Crippen molar-refractivity contribution in [1.29, 1.82) is 0 Å². The molecular formula is C13H23N3O. The van der Waals surface area contributed by atoms with Crippen molar-refractivity contribution < 1.29 is 4.74 Å². The van der Waals surface area contributed by atoms with Gasteiger partial charge >= 0.3 is 0 Å². The van der Waals surface area contributed by atoms with E-state index in [9.17, 15) is 0 Å². The number of hydrogen-bond donors (Lipinski definition) is 1. The van der Waals surface area contributed by atoms with Crippen molar-refractivity contribution in [3.8, 4) is 5.75 Å². The fourth-order valence-electron chi connectivity index (χ4n) is 1.32. The largest absolute Gasteiger partial charge is 0.493 e. The van der Waals surface area contributed by atoms with Gasteiger partial charge < -0.3 is 15.0 Å². The summed E-state index contributed by atoms with van der Waals surface area (Å²) >= 11 is 0. The van der Waals surface area contributed by atoms with Crippen LogP contribution in [0.25, 0.3) is 0 Å². The Labute approximate surface area is 104 Å². The van der Waals surface area contributed by atoms with E-state index in [1.54, 1.807) is 13.3 Å². The Hall–Kier alpha value is -1.29. The van der Waals surface area contributed by atoms with Crippen LogP contribution in [0.5, 0.6) is 5.75 Å². The lowest BCUT2D eigenvalue weighted by atomic mass is 10.0. The standard InChI is InChI=1S/C13H23N3O/c1-10-7-11(12(17-6)8-14-10)15-9-13(2,3)16(4)5/h7-8H,9H2,1-6H3,(H,14,15). The van der Waals surface area contributed by atoms with Crippen LogP contribution >= 0.6 is 0 Å². The van der Waals surface area contributed by atoms with Crippen molar-refractivity contribution in [3.05, 3.63) is 18.0 Å². The molecule has 1 aromatic heterocycles. The summed E-state index contributed by atoms with van der Waals surface area (Å²) in [5, 5.41) is 3.42. The first kappa shape index (κ1) is 13.8. The monoisotopic (exact) mass is 237 g/mol. The van der Waals surface area contributed by atoms with Crippen molar-refractivity contribution in [3.63, 3.8) is 0 Å². The number of anilines is 1. The molecule has 4 heteroatoms. The zero-order valence-electron chi connectivity index (χ0n) is 11.7. The molecule has 1 N–H and O–H groups in total. The van der Waals surface area contributed by atoms with Crippen LogP contribution in [0, 0.1) is 6.92 Å². The highest BCUT2D eigenvalue weighted by Crippen LogP contribution is 2.24. The molecule has 0 amide bonds. The first-order valence-corrected chi connectivity index (χ1v) is 5.79. The molecule has 0 saturated carbocycles. The molecule has 0 aliphatic heterocycles. The Morgan fingerprint density at radius 2 is 2.06 bits per heavy atom. The third-order valence-electron chi connectivity index (χ3n) is 3.15. The molecule has 1 heterocycles. The minimum Gasteiger partial charge on any atom is -0.493 e. The zero-order chi connectivity index (χ0) is 13.1. The van der Waals surface area contributed by atoms with E-state index in [1.807, 2.05) is 13.0 Å². The molecule has 0 unspecified atom stereocenters. The highest BCUT2D eigenvalue weighted by Gasteiger charge is 2.20. The molecule has 1 rings (SSSR count). The fraction of sp³-hybridized carbons (Fsp3) is 0.615. The van der Waals surface area contributed by atoms with Gasteiger partial charge in [-0.3, -0.25) is 4.98 Å². The van der Waals surface area contributed by atoms with Crippen molar-refractivity contribution in [1.82, 2.24) is 9.88 Å². The van der Waals surface area contributed by atoms with E-state index in [0.717, 1.165) is 23.7 Å². The highest BCUT2D eigenvalue weighted by molar-refractivity contribution is 5.56. The molecule has 0 spiro atoms. The number of pyridine rings is 1. The minimum atomic E-state index is 0.0855. The van der Waals surface area contributed by atoms with Gasteiger partial charge in [-0.25, -0.2) is 0 Å². The van der Waals surface area contributed by atoms with Crippen molar-refractivity contribution in [2.45, 2.75) is 26.3 Å². The molecular weight excluding hydrogens is 214 g/mol. The summed E-state index contributed by atoms with van der Waals surface area (Å²) in [7, 11) is 5.82. The number of hydrogen-bond acceptors (Lipinski definition) is 4. The summed E-state index contributed by atoms with van der Waals surface area (Å²) in [4.78, 5) is 6.41. The summed E-state index contributed by atoms with van der Waals surface area (Å²) in [5.41, 5.74) is 2.06. The Bertz CT molecular complexity index is 375. The van der Waals surface area contributed by atoms with Gasteiger partial charge in [-0.05, 0) is 40.9 Å². The van der Waals surface area contributed by atoms with Crippen molar-refractivity contribution >= 4 is 5.69 Å². The van der Waals surface area contributed by atoms with E-state index in [4.69, 9.17) is 4.74 Å². The Balaban J connectivity index is 2.78. The van der Waals surface area contributed by atoms with Gasteiger partial charge in [-0.2, -0.15) is 0 Å². The van der Waals surface area contributed by atoms with Gasteiger partial charge in [0.1, 0.15) is 0 Å². The van der Waals surface area contributed by atoms with Crippen LogP contribution in [0.1, 0.15) is 19.5 Å². The van der Waals surface area contributed by atoms with Crippen LogP contribution in [-0.2, 0) is 0 Å². The second kappa shape index (κ2) is 5.36. The molecule has 4 nitrogen and oxygen atoms in total. The number of likely N-dealkylation sites (N-methyl/N-ethyl adjacent to an activating group) is 1. The first-order chi connectivity index (χ1) is 7.86. The van der Waals surface area contributed by atoms with Gasteiger partial charge in [0.25, 0.3) is 0 Å². The van der Waals surface area contributed by atoms with Crippen LogP contribution < -0.4 is 10.1 Å². The van der Waals surface area contributed by atoms with Gasteiger partial charge in [0.2, 0.25) is 0 Å².